The number of ketones is 1. The summed E-state index contributed by atoms with van der Waals surface area (Å²) in [7, 11) is 2.89. The molecular weight excluding hydrogens is 413 g/mol. The Kier molecular flexibility index (Phi) is 6.98. The number of amides is 1. The first-order valence-electron chi connectivity index (χ1n) is 9.63. The Morgan fingerprint density at radius 1 is 1.13 bits per heavy atom. The van der Waals surface area contributed by atoms with Gasteiger partial charge in [0.2, 0.25) is 0 Å². The smallest absolute Gasteiger partial charge is 0.416 e. The lowest BCUT2D eigenvalue weighted by atomic mass is 9.99. The molecule has 168 valence electrons. The molecule has 1 unspecified atom stereocenters. The highest BCUT2D eigenvalue weighted by Gasteiger charge is 2.33. The van der Waals surface area contributed by atoms with Gasteiger partial charge in [0.05, 0.1) is 18.7 Å². The Balaban J connectivity index is 2.38. The number of aromatic nitrogens is 1. The summed E-state index contributed by atoms with van der Waals surface area (Å²) in [5.41, 5.74) is 0.740. The number of hydrogen-bond donors (Lipinski definition) is 0. The lowest BCUT2D eigenvalue weighted by Gasteiger charge is -2.27. The maximum atomic E-state index is 13.3. The van der Waals surface area contributed by atoms with Crippen LogP contribution in [-0.2, 0) is 18.0 Å². The molecule has 0 N–H and O–H groups in total. The van der Waals surface area contributed by atoms with Crippen LogP contribution in [0.25, 0.3) is 0 Å². The first-order valence-corrected chi connectivity index (χ1v) is 9.63. The summed E-state index contributed by atoms with van der Waals surface area (Å²) in [6.45, 7) is 6.72. The van der Waals surface area contributed by atoms with Crippen LogP contribution in [0.4, 0.5) is 13.2 Å². The average Bonchev–Trinajstić information content (AvgIpc) is 2.95. The molecule has 1 aromatic heterocycles. The molecule has 0 aliphatic heterocycles. The molecule has 0 radical (unpaired) electrons. The van der Waals surface area contributed by atoms with Gasteiger partial charge in [-0.2, -0.15) is 13.2 Å². The molecule has 0 aliphatic rings. The molecular formula is C22H25F3N2O4. The number of carbonyl (C=O) groups excluding carboxylic acids is 3. The fraction of sp³-hybridized carbons (Fsp3) is 0.409. The zero-order valence-corrected chi connectivity index (χ0v) is 18.3. The van der Waals surface area contributed by atoms with Crippen LogP contribution in [0, 0.1) is 13.8 Å². The Labute approximate surface area is 178 Å². The van der Waals surface area contributed by atoms with Crippen LogP contribution >= 0.6 is 0 Å². The molecule has 2 aromatic rings. The van der Waals surface area contributed by atoms with Gasteiger partial charge in [-0.05, 0) is 57.5 Å². The topological polar surface area (TPSA) is 68.6 Å². The van der Waals surface area contributed by atoms with Crippen molar-refractivity contribution in [2.75, 3.05) is 13.7 Å². The van der Waals surface area contributed by atoms with Crippen LogP contribution in [0.1, 0.15) is 61.9 Å². The normalized spacial score (nSPS) is 12.4. The minimum Gasteiger partial charge on any atom is -0.464 e. The van der Waals surface area contributed by atoms with E-state index in [1.807, 2.05) is 0 Å². The quantitative estimate of drug-likeness (QED) is 0.501. The van der Waals surface area contributed by atoms with Crippen molar-refractivity contribution in [2.24, 2.45) is 7.05 Å². The molecule has 0 saturated carbocycles. The second-order valence-corrected chi connectivity index (χ2v) is 7.19. The number of hydrogen-bond acceptors (Lipinski definition) is 4. The van der Waals surface area contributed by atoms with E-state index in [9.17, 15) is 27.6 Å². The molecule has 0 fully saturated rings. The van der Waals surface area contributed by atoms with Gasteiger partial charge in [-0.3, -0.25) is 9.59 Å². The zero-order chi connectivity index (χ0) is 23.7. The molecule has 0 saturated heterocycles. The molecule has 0 aliphatic carbocycles. The summed E-state index contributed by atoms with van der Waals surface area (Å²) in [5.74, 6) is -1.51. The lowest BCUT2D eigenvalue weighted by molar-refractivity contribution is -0.137. The summed E-state index contributed by atoms with van der Waals surface area (Å²) in [6, 6.07) is 2.97. The minimum absolute atomic E-state index is 0.0475. The van der Waals surface area contributed by atoms with Crippen molar-refractivity contribution < 1.29 is 32.3 Å². The second kappa shape index (κ2) is 8.95. The Bertz CT molecular complexity index is 1010. The molecule has 6 nitrogen and oxygen atoms in total. The van der Waals surface area contributed by atoms with Gasteiger partial charge in [0.1, 0.15) is 5.69 Å². The fourth-order valence-electron chi connectivity index (χ4n) is 3.64. The van der Waals surface area contributed by atoms with E-state index in [1.54, 1.807) is 39.3 Å². The Morgan fingerprint density at radius 3 is 2.13 bits per heavy atom. The number of halogens is 3. The van der Waals surface area contributed by atoms with Crippen molar-refractivity contribution in [3.05, 3.63) is 57.9 Å². The molecule has 1 amide bonds. The third-order valence-corrected chi connectivity index (χ3v) is 5.46. The van der Waals surface area contributed by atoms with Gasteiger partial charge in [-0.25, -0.2) is 4.79 Å². The van der Waals surface area contributed by atoms with Crippen molar-refractivity contribution in [3.63, 3.8) is 0 Å². The van der Waals surface area contributed by atoms with Gasteiger partial charge in [0.15, 0.2) is 5.78 Å². The standard InChI is InChI=1S/C22H25F3N2O4/c1-7-27(20(29)15-8-10-16(11-9-15)22(23,24)25)14(4)19(28)17-12(2)18(21(30)31-6)26(5)13(17)3/h8-11,14H,7H2,1-6H3. The molecule has 0 spiro atoms. The number of rotatable bonds is 6. The fourth-order valence-corrected chi connectivity index (χ4v) is 3.64. The average molecular weight is 438 g/mol. The minimum atomic E-state index is -4.50. The number of ether oxygens (including phenoxy) is 1. The number of nitrogens with zero attached hydrogens (tertiary/aromatic N) is 2. The lowest BCUT2D eigenvalue weighted by Crippen LogP contribution is -2.43. The highest BCUT2D eigenvalue weighted by Crippen LogP contribution is 2.29. The third kappa shape index (κ3) is 4.50. The third-order valence-electron chi connectivity index (χ3n) is 5.46. The van der Waals surface area contributed by atoms with Gasteiger partial charge >= 0.3 is 12.1 Å². The van der Waals surface area contributed by atoms with E-state index >= 15 is 0 Å². The number of carbonyl (C=O) groups is 3. The monoisotopic (exact) mass is 438 g/mol. The van der Waals surface area contributed by atoms with Gasteiger partial charge in [0, 0.05) is 30.4 Å². The number of Topliss-reactive ketones (excluding diaryl/α,β-unsaturated/α-hetero) is 1. The Morgan fingerprint density at radius 2 is 1.68 bits per heavy atom. The summed E-state index contributed by atoms with van der Waals surface area (Å²) in [4.78, 5) is 39.6. The summed E-state index contributed by atoms with van der Waals surface area (Å²) >= 11 is 0. The summed E-state index contributed by atoms with van der Waals surface area (Å²) < 4.78 is 44.7. The van der Waals surface area contributed by atoms with Gasteiger partial charge in [-0.15, -0.1) is 0 Å². The Hall–Kier alpha value is -3.10. The molecule has 9 heteroatoms. The number of methoxy groups -OCH3 is 1. The number of benzene rings is 1. The van der Waals surface area contributed by atoms with E-state index in [-0.39, 0.29) is 23.6 Å². The van der Waals surface area contributed by atoms with Crippen LogP contribution in [0.5, 0.6) is 0 Å². The van der Waals surface area contributed by atoms with Crippen LogP contribution in [-0.4, -0.2) is 46.8 Å². The van der Waals surface area contributed by atoms with Gasteiger partial charge in [-0.1, -0.05) is 0 Å². The van der Waals surface area contributed by atoms with Crippen molar-refractivity contribution in [1.29, 1.82) is 0 Å². The van der Waals surface area contributed by atoms with Crippen LogP contribution in [0.15, 0.2) is 24.3 Å². The molecule has 31 heavy (non-hydrogen) atoms. The van der Waals surface area contributed by atoms with Gasteiger partial charge < -0.3 is 14.2 Å². The van der Waals surface area contributed by atoms with Crippen LogP contribution in [0.3, 0.4) is 0 Å². The van der Waals surface area contributed by atoms with E-state index in [0.717, 1.165) is 24.3 Å². The SMILES string of the molecule is CCN(C(=O)c1ccc(C(F)(F)F)cc1)C(C)C(=O)c1c(C)c(C(=O)OC)n(C)c1C. The summed E-state index contributed by atoms with van der Waals surface area (Å²) in [6.07, 6.45) is -4.50. The van der Waals surface area contributed by atoms with E-state index < -0.39 is 29.7 Å². The predicted molar refractivity (Wildman–Crippen MR) is 108 cm³/mol. The predicted octanol–water partition coefficient (Wildman–Crippen LogP) is 4.18. The molecule has 2 rings (SSSR count). The highest BCUT2D eigenvalue weighted by atomic mass is 19.4. The molecule has 0 bridgehead atoms. The maximum Gasteiger partial charge on any atom is 0.416 e. The van der Waals surface area contributed by atoms with Crippen LogP contribution < -0.4 is 0 Å². The van der Waals surface area contributed by atoms with Crippen molar-refractivity contribution in [2.45, 2.75) is 39.9 Å². The van der Waals surface area contributed by atoms with Crippen LogP contribution in [0.2, 0.25) is 0 Å². The van der Waals surface area contributed by atoms with E-state index in [4.69, 9.17) is 4.74 Å². The second-order valence-electron chi connectivity index (χ2n) is 7.19. The zero-order valence-electron chi connectivity index (χ0n) is 18.3. The number of esters is 1. The molecule has 1 heterocycles. The highest BCUT2D eigenvalue weighted by molar-refractivity contribution is 6.07. The van der Waals surface area contributed by atoms with E-state index in [2.05, 4.69) is 0 Å². The van der Waals surface area contributed by atoms with Crippen molar-refractivity contribution in [1.82, 2.24) is 9.47 Å². The maximum absolute atomic E-state index is 13.3. The summed E-state index contributed by atoms with van der Waals surface area (Å²) in [5, 5.41) is 0. The molecule has 1 aromatic carbocycles. The van der Waals surface area contributed by atoms with Crippen molar-refractivity contribution >= 4 is 17.7 Å². The first-order chi connectivity index (χ1) is 14.4. The van der Waals surface area contributed by atoms with E-state index in [1.165, 1.54) is 12.0 Å². The first kappa shape index (κ1) is 24.2. The van der Waals surface area contributed by atoms with E-state index in [0.29, 0.717) is 16.8 Å². The van der Waals surface area contributed by atoms with Gasteiger partial charge in [0.25, 0.3) is 5.91 Å². The van der Waals surface area contributed by atoms with Crippen molar-refractivity contribution in [3.8, 4) is 0 Å². The largest absolute Gasteiger partial charge is 0.464 e. The number of alkyl halides is 3. The molecule has 1 atom stereocenters. The number of likely N-dealkylation sites (N-methyl/N-ethyl adjacent to an activating group) is 1.